The number of hydrogen-bond donors (Lipinski definition) is 4. The fraction of sp³-hybridized carbons (Fsp3) is 0.550. The van der Waals surface area contributed by atoms with Gasteiger partial charge in [-0.25, -0.2) is 0 Å². The van der Waals surface area contributed by atoms with Crippen molar-refractivity contribution >= 4 is 11.0 Å². The molecule has 8 heteroatoms. The second-order valence-electron chi connectivity index (χ2n) is 7.37. The summed E-state index contributed by atoms with van der Waals surface area (Å²) in [5, 5.41) is 39.6. The number of ether oxygens (including phenoxy) is 2. The van der Waals surface area contributed by atoms with Crippen LogP contribution in [-0.2, 0) is 15.9 Å². The van der Waals surface area contributed by atoms with Gasteiger partial charge >= 0.3 is 0 Å². The lowest BCUT2D eigenvalue weighted by atomic mass is 9.98. The van der Waals surface area contributed by atoms with Crippen LogP contribution in [0.2, 0.25) is 0 Å². The summed E-state index contributed by atoms with van der Waals surface area (Å²) >= 11 is 0. The normalized spacial score (nSPS) is 29.2. The minimum Gasteiger partial charge on any atom is -0.461 e. The molecule has 0 bridgehead atoms. The number of aliphatic hydroxyl groups is 4. The van der Waals surface area contributed by atoms with E-state index in [9.17, 15) is 25.2 Å². The summed E-state index contributed by atoms with van der Waals surface area (Å²) in [7, 11) is 0. The van der Waals surface area contributed by atoms with Crippen molar-refractivity contribution in [1.29, 1.82) is 0 Å². The second kappa shape index (κ2) is 8.28. The van der Waals surface area contributed by atoms with Gasteiger partial charge in [-0.2, -0.15) is 0 Å². The van der Waals surface area contributed by atoms with E-state index in [1.54, 1.807) is 19.9 Å². The minimum absolute atomic E-state index is 0.145. The first kappa shape index (κ1) is 20.9. The first-order valence-corrected chi connectivity index (χ1v) is 9.21. The predicted octanol–water partition coefficient (Wildman–Crippen LogP) is 0.157. The fourth-order valence-electron chi connectivity index (χ4n) is 3.57. The number of benzene rings is 1. The van der Waals surface area contributed by atoms with E-state index in [1.807, 2.05) is 13.0 Å². The SMILES string of the molecule is Cc1cc(CC(C)OC2OC(CO)C(O)C(O)C2O)c2c(=O)cc(C)oc2c1. The lowest BCUT2D eigenvalue weighted by Crippen LogP contribution is -2.59. The maximum Gasteiger partial charge on any atom is 0.193 e. The summed E-state index contributed by atoms with van der Waals surface area (Å²) in [6.45, 7) is 4.83. The Morgan fingerprint density at radius 1 is 1.11 bits per heavy atom. The molecule has 0 saturated carbocycles. The Morgan fingerprint density at radius 3 is 2.50 bits per heavy atom. The van der Waals surface area contributed by atoms with Gasteiger partial charge in [-0.05, 0) is 44.4 Å². The molecule has 1 aliphatic rings. The van der Waals surface area contributed by atoms with Crippen LogP contribution >= 0.6 is 0 Å². The van der Waals surface area contributed by atoms with E-state index >= 15 is 0 Å². The highest BCUT2D eigenvalue weighted by atomic mass is 16.7. The number of fused-ring (bicyclic) bond motifs is 1. The second-order valence-corrected chi connectivity index (χ2v) is 7.37. The Labute approximate surface area is 161 Å². The smallest absolute Gasteiger partial charge is 0.193 e. The summed E-state index contributed by atoms with van der Waals surface area (Å²) in [6.07, 6.45) is -6.83. The lowest BCUT2D eigenvalue weighted by molar-refractivity contribution is -0.309. The van der Waals surface area contributed by atoms with Crippen molar-refractivity contribution in [2.45, 2.75) is 64.0 Å². The first-order valence-electron chi connectivity index (χ1n) is 9.21. The summed E-state index contributed by atoms with van der Waals surface area (Å²) in [5.74, 6) is 0.527. The predicted molar refractivity (Wildman–Crippen MR) is 100.0 cm³/mol. The zero-order valence-corrected chi connectivity index (χ0v) is 16.0. The van der Waals surface area contributed by atoms with Gasteiger partial charge in [-0.3, -0.25) is 4.79 Å². The molecule has 0 amide bonds. The van der Waals surface area contributed by atoms with Crippen LogP contribution in [0.15, 0.2) is 27.4 Å². The largest absolute Gasteiger partial charge is 0.461 e. The molecule has 4 N–H and O–H groups in total. The van der Waals surface area contributed by atoms with Crippen LogP contribution in [0.4, 0.5) is 0 Å². The molecule has 0 spiro atoms. The molecule has 0 aliphatic carbocycles. The standard InChI is InChI=1S/C20H26O8/c1-9-4-12(16-13(22)7-11(3)26-14(16)5-9)6-10(2)27-20-19(25)18(24)17(23)15(8-21)28-20/h4-5,7,10,15,17-21,23-25H,6,8H2,1-3H3. The number of rotatable bonds is 5. The van der Waals surface area contributed by atoms with Crippen molar-refractivity contribution in [3.8, 4) is 0 Å². The average molecular weight is 394 g/mol. The Bertz CT molecular complexity index is 884. The molecule has 154 valence electrons. The van der Waals surface area contributed by atoms with Gasteiger partial charge in [-0.1, -0.05) is 6.07 Å². The van der Waals surface area contributed by atoms with Crippen molar-refractivity contribution in [3.63, 3.8) is 0 Å². The first-order chi connectivity index (χ1) is 13.2. The zero-order chi connectivity index (χ0) is 20.6. The third-order valence-corrected chi connectivity index (χ3v) is 4.90. The van der Waals surface area contributed by atoms with Gasteiger partial charge in [-0.15, -0.1) is 0 Å². The van der Waals surface area contributed by atoms with Gasteiger partial charge < -0.3 is 34.3 Å². The molecule has 1 saturated heterocycles. The van der Waals surface area contributed by atoms with E-state index in [4.69, 9.17) is 13.9 Å². The van der Waals surface area contributed by atoms with E-state index in [0.29, 0.717) is 23.2 Å². The number of hydrogen-bond acceptors (Lipinski definition) is 8. The van der Waals surface area contributed by atoms with Gasteiger partial charge in [0, 0.05) is 6.07 Å². The van der Waals surface area contributed by atoms with Crippen molar-refractivity contribution in [1.82, 2.24) is 0 Å². The molecule has 28 heavy (non-hydrogen) atoms. The molecule has 2 aromatic rings. The van der Waals surface area contributed by atoms with Crippen molar-refractivity contribution in [2.75, 3.05) is 6.61 Å². The molecular formula is C20H26O8. The maximum atomic E-state index is 12.5. The lowest BCUT2D eigenvalue weighted by Gasteiger charge is -2.40. The summed E-state index contributed by atoms with van der Waals surface area (Å²) in [4.78, 5) is 12.5. The van der Waals surface area contributed by atoms with Crippen molar-refractivity contribution in [3.05, 3.63) is 45.3 Å². The van der Waals surface area contributed by atoms with Gasteiger partial charge in [0.25, 0.3) is 0 Å². The van der Waals surface area contributed by atoms with E-state index < -0.39 is 43.4 Å². The van der Waals surface area contributed by atoms with Crippen LogP contribution in [0.1, 0.15) is 23.8 Å². The molecule has 1 aromatic carbocycles. The van der Waals surface area contributed by atoms with Crippen LogP contribution in [0.3, 0.4) is 0 Å². The molecule has 2 heterocycles. The Balaban J connectivity index is 1.82. The quantitative estimate of drug-likeness (QED) is 0.564. The molecule has 0 radical (unpaired) electrons. The topological polar surface area (TPSA) is 130 Å². The minimum atomic E-state index is -1.50. The fourth-order valence-corrected chi connectivity index (χ4v) is 3.57. The van der Waals surface area contributed by atoms with Crippen molar-refractivity contribution in [2.24, 2.45) is 0 Å². The molecule has 3 rings (SSSR count). The average Bonchev–Trinajstić information content (AvgIpc) is 2.61. The molecule has 6 atom stereocenters. The van der Waals surface area contributed by atoms with E-state index in [-0.39, 0.29) is 5.43 Å². The maximum absolute atomic E-state index is 12.5. The number of aliphatic hydroxyl groups excluding tert-OH is 4. The molecule has 8 nitrogen and oxygen atoms in total. The van der Waals surface area contributed by atoms with E-state index in [1.165, 1.54) is 6.07 Å². The third kappa shape index (κ3) is 4.12. The molecule has 1 aromatic heterocycles. The summed E-state index contributed by atoms with van der Waals surface area (Å²) in [5.41, 5.74) is 2.02. The number of aryl methyl sites for hydroxylation is 2. The van der Waals surface area contributed by atoms with Gasteiger partial charge in [0.15, 0.2) is 11.7 Å². The summed E-state index contributed by atoms with van der Waals surface area (Å²) < 4.78 is 16.8. The van der Waals surface area contributed by atoms with Crippen LogP contribution in [0.5, 0.6) is 0 Å². The van der Waals surface area contributed by atoms with Gasteiger partial charge in [0.05, 0.1) is 18.1 Å². The van der Waals surface area contributed by atoms with E-state index in [2.05, 4.69) is 0 Å². The highest BCUT2D eigenvalue weighted by Gasteiger charge is 2.44. The highest BCUT2D eigenvalue weighted by Crippen LogP contribution is 2.25. The summed E-state index contributed by atoms with van der Waals surface area (Å²) in [6, 6.07) is 5.11. The molecule has 6 unspecified atom stereocenters. The van der Waals surface area contributed by atoms with Crippen LogP contribution in [0.25, 0.3) is 11.0 Å². The van der Waals surface area contributed by atoms with E-state index in [0.717, 1.165) is 11.1 Å². The Hall–Kier alpha value is -1.81. The Morgan fingerprint density at radius 2 is 1.82 bits per heavy atom. The van der Waals surface area contributed by atoms with Crippen LogP contribution < -0.4 is 5.43 Å². The Kier molecular flexibility index (Phi) is 6.18. The highest BCUT2D eigenvalue weighted by molar-refractivity contribution is 5.81. The van der Waals surface area contributed by atoms with Gasteiger partial charge in [0.1, 0.15) is 35.8 Å². The monoisotopic (exact) mass is 394 g/mol. The third-order valence-electron chi connectivity index (χ3n) is 4.90. The van der Waals surface area contributed by atoms with Crippen molar-refractivity contribution < 1.29 is 34.3 Å². The zero-order valence-electron chi connectivity index (χ0n) is 16.0. The molecule has 1 aliphatic heterocycles. The van der Waals surface area contributed by atoms with Gasteiger partial charge in [0.2, 0.25) is 0 Å². The van der Waals surface area contributed by atoms with Crippen LogP contribution in [0, 0.1) is 13.8 Å². The molecular weight excluding hydrogens is 368 g/mol. The van der Waals surface area contributed by atoms with Crippen LogP contribution in [-0.4, -0.2) is 63.8 Å². The molecule has 1 fully saturated rings.